The molecule has 112 valence electrons. The van der Waals surface area contributed by atoms with E-state index in [1.54, 1.807) is 25.2 Å². The van der Waals surface area contributed by atoms with Gasteiger partial charge in [-0.05, 0) is 43.3 Å². The largest absolute Gasteiger partial charge is 0.312 e. The number of hydrogen-bond acceptors (Lipinski definition) is 3. The van der Waals surface area contributed by atoms with E-state index in [1.165, 1.54) is 0 Å². The minimum atomic E-state index is -3.35. The first-order valence-electron chi connectivity index (χ1n) is 6.65. The topological polar surface area (TPSA) is 46.2 Å². The molecule has 2 aromatic rings. The van der Waals surface area contributed by atoms with E-state index in [9.17, 15) is 8.42 Å². The Balaban J connectivity index is 2.32. The highest BCUT2D eigenvalue weighted by Crippen LogP contribution is 2.23. The average molecular weight is 368 g/mol. The van der Waals surface area contributed by atoms with Gasteiger partial charge in [0.05, 0.1) is 10.6 Å². The quantitative estimate of drug-likeness (QED) is 0.879. The fourth-order valence-electron chi connectivity index (χ4n) is 2.28. The zero-order valence-corrected chi connectivity index (χ0v) is 14.4. The Labute approximate surface area is 134 Å². The van der Waals surface area contributed by atoms with Crippen LogP contribution in [0.5, 0.6) is 0 Å². The maximum atomic E-state index is 12.6. The fraction of sp³-hybridized carbons (Fsp3) is 0.250. The maximum absolute atomic E-state index is 12.6. The van der Waals surface area contributed by atoms with Gasteiger partial charge < -0.3 is 5.32 Å². The van der Waals surface area contributed by atoms with Crippen LogP contribution in [0.3, 0.4) is 0 Å². The van der Waals surface area contributed by atoms with Crippen LogP contribution < -0.4 is 5.32 Å². The highest BCUT2D eigenvalue weighted by molar-refractivity contribution is 9.10. The van der Waals surface area contributed by atoms with Gasteiger partial charge in [-0.25, -0.2) is 8.42 Å². The summed E-state index contributed by atoms with van der Waals surface area (Å²) in [7, 11) is -1.57. The fourth-order valence-corrected chi connectivity index (χ4v) is 4.40. The van der Waals surface area contributed by atoms with E-state index in [1.807, 2.05) is 37.3 Å². The molecule has 0 saturated carbocycles. The van der Waals surface area contributed by atoms with Crippen molar-refractivity contribution in [2.75, 3.05) is 12.8 Å². The van der Waals surface area contributed by atoms with Crippen molar-refractivity contribution < 1.29 is 8.42 Å². The molecule has 2 aromatic carbocycles. The van der Waals surface area contributed by atoms with Crippen molar-refractivity contribution in [2.45, 2.75) is 17.9 Å². The second kappa shape index (κ2) is 6.73. The minimum absolute atomic E-state index is 0.0325. The Hall–Kier alpha value is -1.17. The Morgan fingerprint density at radius 1 is 1.14 bits per heavy atom. The highest BCUT2D eigenvalue weighted by atomic mass is 79.9. The normalized spacial score (nSPS) is 13.1. The van der Waals surface area contributed by atoms with Gasteiger partial charge in [0.2, 0.25) is 0 Å². The van der Waals surface area contributed by atoms with E-state index in [0.717, 1.165) is 15.6 Å². The lowest BCUT2D eigenvalue weighted by Gasteiger charge is -2.19. The molecule has 1 N–H and O–H groups in total. The molecule has 0 amide bonds. The van der Waals surface area contributed by atoms with Crippen molar-refractivity contribution in [3.63, 3.8) is 0 Å². The Morgan fingerprint density at radius 3 is 2.48 bits per heavy atom. The SMILES string of the molecule is CNC(CS(=O)(=O)c1cccc(Br)c1)c1ccccc1C. The summed E-state index contributed by atoms with van der Waals surface area (Å²) in [6, 6.07) is 14.4. The summed E-state index contributed by atoms with van der Waals surface area (Å²) in [6.07, 6.45) is 0. The van der Waals surface area contributed by atoms with Crippen LogP contribution in [-0.2, 0) is 9.84 Å². The van der Waals surface area contributed by atoms with Gasteiger partial charge in [0.25, 0.3) is 0 Å². The first-order valence-corrected chi connectivity index (χ1v) is 9.09. The smallest absolute Gasteiger partial charge is 0.180 e. The van der Waals surface area contributed by atoms with E-state index in [2.05, 4.69) is 21.2 Å². The molecule has 0 saturated heterocycles. The summed E-state index contributed by atoms with van der Waals surface area (Å²) in [4.78, 5) is 0.339. The molecule has 0 aromatic heterocycles. The van der Waals surface area contributed by atoms with E-state index in [4.69, 9.17) is 0 Å². The molecular weight excluding hydrogens is 350 g/mol. The zero-order chi connectivity index (χ0) is 15.5. The average Bonchev–Trinajstić information content (AvgIpc) is 2.45. The van der Waals surface area contributed by atoms with Gasteiger partial charge in [0, 0.05) is 10.5 Å². The molecule has 0 heterocycles. The van der Waals surface area contributed by atoms with Crippen LogP contribution in [0.2, 0.25) is 0 Å². The Bertz CT molecular complexity index is 729. The molecule has 1 unspecified atom stereocenters. The van der Waals surface area contributed by atoms with E-state index >= 15 is 0 Å². The van der Waals surface area contributed by atoms with Crippen molar-refractivity contribution in [2.24, 2.45) is 0 Å². The monoisotopic (exact) mass is 367 g/mol. The summed E-state index contributed by atoms with van der Waals surface area (Å²) in [5, 5.41) is 3.11. The summed E-state index contributed by atoms with van der Waals surface area (Å²) >= 11 is 3.31. The van der Waals surface area contributed by atoms with Crippen molar-refractivity contribution in [1.29, 1.82) is 0 Å². The summed E-state index contributed by atoms with van der Waals surface area (Å²) < 4.78 is 25.9. The predicted octanol–water partition coefficient (Wildman–Crippen LogP) is 3.49. The number of halogens is 1. The molecule has 2 rings (SSSR count). The van der Waals surface area contributed by atoms with Crippen LogP contribution in [0.1, 0.15) is 17.2 Å². The number of aryl methyl sites for hydroxylation is 1. The summed E-state index contributed by atoms with van der Waals surface area (Å²) in [6.45, 7) is 1.99. The van der Waals surface area contributed by atoms with Crippen LogP contribution in [0.25, 0.3) is 0 Å². The number of rotatable bonds is 5. The van der Waals surface area contributed by atoms with Gasteiger partial charge in [-0.1, -0.05) is 46.3 Å². The molecular formula is C16H18BrNO2S. The van der Waals surface area contributed by atoms with E-state index in [0.29, 0.717) is 4.90 Å². The molecule has 0 spiro atoms. The third-order valence-corrected chi connectivity index (χ3v) is 5.69. The highest BCUT2D eigenvalue weighted by Gasteiger charge is 2.22. The second-order valence-corrected chi connectivity index (χ2v) is 7.89. The van der Waals surface area contributed by atoms with Gasteiger partial charge in [0.1, 0.15) is 0 Å². The third-order valence-electron chi connectivity index (χ3n) is 3.45. The van der Waals surface area contributed by atoms with Crippen molar-refractivity contribution >= 4 is 25.8 Å². The van der Waals surface area contributed by atoms with Crippen LogP contribution >= 0.6 is 15.9 Å². The van der Waals surface area contributed by atoms with Crippen LogP contribution in [-0.4, -0.2) is 21.2 Å². The number of benzene rings is 2. The number of nitrogens with one attached hydrogen (secondary N) is 1. The molecule has 0 bridgehead atoms. The molecule has 0 aliphatic heterocycles. The lowest BCUT2D eigenvalue weighted by molar-refractivity contribution is 0.573. The second-order valence-electron chi connectivity index (χ2n) is 4.94. The van der Waals surface area contributed by atoms with Gasteiger partial charge in [-0.3, -0.25) is 0 Å². The minimum Gasteiger partial charge on any atom is -0.312 e. The van der Waals surface area contributed by atoms with Crippen LogP contribution in [0, 0.1) is 6.92 Å². The van der Waals surface area contributed by atoms with Crippen molar-refractivity contribution in [3.05, 3.63) is 64.1 Å². The maximum Gasteiger partial charge on any atom is 0.180 e. The van der Waals surface area contributed by atoms with Gasteiger partial charge >= 0.3 is 0 Å². The van der Waals surface area contributed by atoms with Gasteiger partial charge in [-0.2, -0.15) is 0 Å². The molecule has 21 heavy (non-hydrogen) atoms. The van der Waals surface area contributed by atoms with Gasteiger partial charge in [-0.15, -0.1) is 0 Å². The first kappa shape index (κ1) is 16.2. The Morgan fingerprint density at radius 2 is 1.86 bits per heavy atom. The summed E-state index contributed by atoms with van der Waals surface area (Å²) in [5.41, 5.74) is 2.10. The Kier molecular flexibility index (Phi) is 5.19. The molecule has 1 atom stereocenters. The predicted molar refractivity (Wildman–Crippen MR) is 89.2 cm³/mol. The molecule has 5 heteroatoms. The number of hydrogen-bond donors (Lipinski definition) is 1. The van der Waals surface area contributed by atoms with Crippen molar-refractivity contribution in [1.82, 2.24) is 5.32 Å². The first-order chi connectivity index (χ1) is 9.94. The van der Waals surface area contributed by atoms with Crippen molar-refractivity contribution in [3.8, 4) is 0 Å². The van der Waals surface area contributed by atoms with Crippen LogP contribution in [0.15, 0.2) is 57.9 Å². The number of sulfone groups is 1. The van der Waals surface area contributed by atoms with E-state index < -0.39 is 9.84 Å². The van der Waals surface area contributed by atoms with Gasteiger partial charge in [0.15, 0.2) is 9.84 Å². The van der Waals surface area contributed by atoms with Crippen LogP contribution in [0.4, 0.5) is 0 Å². The zero-order valence-electron chi connectivity index (χ0n) is 12.0. The molecule has 0 aliphatic carbocycles. The standard InChI is InChI=1S/C16H18BrNO2S/c1-12-6-3-4-9-15(12)16(18-2)11-21(19,20)14-8-5-7-13(17)10-14/h3-10,16,18H,11H2,1-2H3. The molecule has 0 fully saturated rings. The molecule has 3 nitrogen and oxygen atoms in total. The third kappa shape index (κ3) is 3.93. The molecule has 0 aliphatic rings. The lowest BCUT2D eigenvalue weighted by atomic mass is 10.0. The van der Waals surface area contributed by atoms with E-state index in [-0.39, 0.29) is 11.8 Å². The molecule has 0 radical (unpaired) electrons. The summed E-state index contributed by atoms with van der Waals surface area (Å²) in [5.74, 6) is 0.0325. The lowest BCUT2D eigenvalue weighted by Crippen LogP contribution is -2.26.